The van der Waals surface area contributed by atoms with Crippen LogP contribution in [-0.2, 0) is 9.88 Å². The normalized spacial score (nSPS) is 8.60. The van der Waals surface area contributed by atoms with E-state index in [1.54, 1.807) is 0 Å². The van der Waals surface area contributed by atoms with E-state index in [0.29, 0.717) is 0 Å². The number of nitrogens with two attached hydrogens (primary N) is 2. The summed E-state index contributed by atoms with van der Waals surface area (Å²) < 4.78 is 11.1. The average Bonchev–Trinajstić information content (AvgIpc) is 1.82. The third-order valence-electron chi connectivity index (χ3n) is 0.421. The van der Waals surface area contributed by atoms with Crippen LogP contribution in [0.25, 0.3) is 0 Å². The Kier molecular flexibility index (Phi) is 3.08. The molecule has 0 aliphatic carbocycles. The van der Waals surface area contributed by atoms with Crippen LogP contribution in [0.4, 0.5) is 9.18 Å². The zero-order valence-corrected chi connectivity index (χ0v) is 4.70. The lowest BCUT2D eigenvalue weighted by Crippen LogP contribution is -2.42. The predicted octanol–water partition coefficient (Wildman–Crippen LogP) is -0.992. The summed E-state index contributed by atoms with van der Waals surface area (Å²) in [6, 6.07) is 0. The summed E-state index contributed by atoms with van der Waals surface area (Å²) in [5, 5.41) is 6.55. The molecule has 0 radical (unpaired) electrons. The Morgan fingerprint density at radius 1 is 1.70 bits per heavy atom. The van der Waals surface area contributed by atoms with Crippen molar-refractivity contribution in [2.75, 3.05) is 0 Å². The van der Waals surface area contributed by atoms with Crippen LogP contribution in [0.15, 0.2) is 0 Å². The van der Waals surface area contributed by atoms with Gasteiger partial charge in [-0.25, -0.2) is 15.5 Å². The fraction of sp³-hybridized carbons (Fsp3) is 0. The van der Waals surface area contributed by atoms with Gasteiger partial charge in [-0.1, -0.05) is 0 Å². The first-order valence-corrected chi connectivity index (χ1v) is 1.97. The molecule has 0 aliphatic rings. The van der Waals surface area contributed by atoms with Crippen LogP contribution >= 0.6 is 0 Å². The average molecular weight is 152 g/mol. The van der Waals surface area contributed by atoms with Crippen molar-refractivity contribution in [1.82, 2.24) is 5.17 Å². The predicted molar refractivity (Wildman–Crippen MR) is 26.6 cm³/mol. The molecule has 0 saturated carbocycles. The van der Waals surface area contributed by atoms with Gasteiger partial charge in [0.15, 0.2) is 0 Å². The molecule has 0 atom stereocenters. The number of hydrogen-bond donors (Lipinski definition) is 3. The van der Waals surface area contributed by atoms with Crippen LogP contribution in [0.5, 0.6) is 0 Å². The second kappa shape index (κ2) is 3.58. The number of hydrazine groups is 1. The molecule has 0 heterocycles. The van der Waals surface area contributed by atoms with E-state index in [1.807, 2.05) is 0 Å². The Morgan fingerprint density at radius 3 is 2.50 bits per heavy atom. The molecule has 58 valence electrons. The molecule has 0 aromatic rings. The fourth-order valence-electron chi connectivity index (χ4n) is 0.110. The van der Waals surface area contributed by atoms with Crippen molar-refractivity contribution in [1.29, 1.82) is 5.41 Å². The molecule has 0 fully saturated rings. The minimum Gasteiger partial charge on any atom is -0.367 e. The summed E-state index contributed by atoms with van der Waals surface area (Å²) in [5.41, 5.74) is 4.67. The molecule has 0 aromatic heterocycles. The summed E-state index contributed by atoms with van der Waals surface area (Å²) in [4.78, 5) is 16.2. The van der Waals surface area contributed by atoms with Crippen molar-refractivity contribution in [3.63, 3.8) is 0 Å². The van der Waals surface area contributed by atoms with Gasteiger partial charge in [-0.3, -0.25) is 5.41 Å². The van der Waals surface area contributed by atoms with Gasteiger partial charge in [-0.2, -0.15) is 0 Å². The van der Waals surface area contributed by atoms with Gasteiger partial charge in [-0.15, -0.1) is 9.56 Å². The van der Waals surface area contributed by atoms with E-state index >= 15 is 0 Å². The molecule has 0 bridgehead atoms. The van der Waals surface area contributed by atoms with Crippen molar-refractivity contribution >= 4 is 12.2 Å². The molecule has 0 saturated heterocycles. The van der Waals surface area contributed by atoms with Crippen molar-refractivity contribution in [2.24, 2.45) is 11.6 Å². The van der Waals surface area contributed by atoms with Gasteiger partial charge < -0.3 is 5.73 Å². The first-order valence-electron chi connectivity index (χ1n) is 1.97. The lowest BCUT2D eigenvalue weighted by atomic mass is 11.1. The van der Waals surface area contributed by atoms with Crippen LogP contribution in [0, 0.1) is 5.41 Å². The summed E-state index contributed by atoms with van der Waals surface area (Å²) >= 11 is 0. The highest BCUT2D eigenvalue weighted by Crippen LogP contribution is 1.85. The van der Waals surface area contributed by atoms with Crippen molar-refractivity contribution < 1.29 is 19.1 Å². The Hall–Kier alpha value is -1.41. The Morgan fingerprint density at radius 2 is 2.20 bits per heavy atom. The number of halogens is 1. The number of guanidine groups is 1. The van der Waals surface area contributed by atoms with E-state index in [9.17, 15) is 9.18 Å². The highest BCUT2D eigenvalue weighted by Gasteiger charge is 2.05. The second-order valence-corrected chi connectivity index (χ2v) is 1.11. The van der Waals surface area contributed by atoms with Crippen molar-refractivity contribution in [2.45, 2.75) is 0 Å². The first-order chi connectivity index (χ1) is 4.54. The van der Waals surface area contributed by atoms with Crippen LogP contribution < -0.4 is 11.6 Å². The van der Waals surface area contributed by atoms with Gasteiger partial charge in [0.1, 0.15) is 0 Å². The number of carbonyl (C=O) groups is 1. The van der Waals surface area contributed by atoms with Crippen LogP contribution in [0.3, 0.4) is 0 Å². The molecular formula is C2H5FN4O3. The van der Waals surface area contributed by atoms with Gasteiger partial charge in [0.2, 0.25) is 5.96 Å². The monoisotopic (exact) mass is 152 g/mol. The molecule has 0 unspecified atom stereocenters. The van der Waals surface area contributed by atoms with E-state index in [-0.39, 0.29) is 5.17 Å². The highest BCUT2D eigenvalue weighted by molar-refractivity contribution is 5.72. The first kappa shape index (κ1) is 8.59. The highest BCUT2D eigenvalue weighted by atomic mass is 19.1. The van der Waals surface area contributed by atoms with E-state index in [2.05, 4.69) is 21.5 Å². The zero-order chi connectivity index (χ0) is 8.15. The SMILES string of the molecule is N=C(N)N(N)OOC(=O)F. The molecule has 5 N–H and O–H groups in total. The number of carbonyl (C=O) groups excluding carboxylic acids is 1. The van der Waals surface area contributed by atoms with Gasteiger partial charge in [0.05, 0.1) is 0 Å². The van der Waals surface area contributed by atoms with E-state index in [1.165, 1.54) is 0 Å². The van der Waals surface area contributed by atoms with Gasteiger partial charge in [-0.05, 0) is 4.99 Å². The van der Waals surface area contributed by atoms with Crippen molar-refractivity contribution in [3.05, 3.63) is 0 Å². The van der Waals surface area contributed by atoms with Crippen LogP contribution in [0.1, 0.15) is 0 Å². The molecule has 0 aromatic carbocycles. The molecule has 0 rings (SSSR count). The lowest BCUT2D eigenvalue weighted by molar-refractivity contribution is -0.365. The summed E-state index contributed by atoms with van der Waals surface area (Å²) in [5.74, 6) is 3.95. The third kappa shape index (κ3) is 3.57. The minimum absolute atomic E-state index is 0.0669. The second-order valence-electron chi connectivity index (χ2n) is 1.11. The Labute approximate surface area is 54.6 Å². The number of nitrogens with one attached hydrogen (secondary N) is 1. The summed E-state index contributed by atoms with van der Waals surface area (Å²) in [6.45, 7) is 0. The third-order valence-corrected chi connectivity index (χ3v) is 0.421. The summed E-state index contributed by atoms with van der Waals surface area (Å²) in [6.07, 6.45) is -2.18. The zero-order valence-electron chi connectivity index (χ0n) is 4.70. The number of nitrogens with zero attached hydrogens (tertiary/aromatic N) is 1. The number of rotatable bonds is 2. The smallest absolute Gasteiger partial charge is 0.367 e. The molecule has 0 amide bonds. The van der Waals surface area contributed by atoms with Gasteiger partial charge in [0.25, 0.3) is 0 Å². The Bertz CT molecular complexity index is 149. The van der Waals surface area contributed by atoms with Crippen LogP contribution in [0.2, 0.25) is 0 Å². The molecular weight excluding hydrogens is 147 g/mol. The quantitative estimate of drug-likeness (QED) is 0.117. The van der Waals surface area contributed by atoms with Crippen LogP contribution in [-0.4, -0.2) is 17.4 Å². The molecule has 7 nitrogen and oxygen atoms in total. The maximum Gasteiger partial charge on any atom is 0.529 e. The number of hydroxylamine groups is 1. The fourth-order valence-corrected chi connectivity index (χ4v) is 0.110. The lowest BCUT2D eigenvalue weighted by Gasteiger charge is -2.09. The molecule has 0 spiro atoms. The standard InChI is InChI=1S/C2H5FN4O3/c3-1(8)9-10-7(6)2(4)5/h6H2,(H3,4,5). The largest absolute Gasteiger partial charge is 0.529 e. The topological polar surface area (TPSA) is 115 Å². The van der Waals surface area contributed by atoms with E-state index in [4.69, 9.17) is 5.41 Å². The van der Waals surface area contributed by atoms with Gasteiger partial charge >= 0.3 is 6.22 Å². The van der Waals surface area contributed by atoms with E-state index in [0.717, 1.165) is 0 Å². The van der Waals surface area contributed by atoms with Crippen molar-refractivity contribution in [3.8, 4) is 0 Å². The maximum absolute atomic E-state index is 11.1. The van der Waals surface area contributed by atoms with Gasteiger partial charge in [0, 0.05) is 0 Å². The maximum atomic E-state index is 11.1. The van der Waals surface area contributed by atoms with E-state index < -0.39 is 12.2 Å². The Balaban J connectivity index is 3.49. The molecule has 0 aliphatic heterocycles. The number of hydrogen-bond acceptors (Lipinski definition) is 5. The minimum atomic E-state index is -2.18. The molecule has 8 heteroatoms. The molecule has 10 heavy (non-hydrogen) atoms. The summed E-state index contributed by atoms with van der Waals surface area (Å²) in [7, 11) is 0.